The van der Waals surface area contributed by atoms with Crippen LogP contribution >= 0.6 is 15.9 Å². The molecule has 19 heavy (non-hydrogen) atoms. The molecule has 104 valence electrons. The van der Waals surface area contributed by atoms with E-state index in [9.17, 15) is 4.79 Å². The van der Waals surface area contributed by atoms with Crippen molar-refractivity contribution in [3.63, 3.8) is 0 Å². The molecule has 0 unspecified atom stereocenters. The van der Waals surface area contributed by atoms with E-state index in [0.29, 0.717) is 6.54 Å². The van der Waals surface area contributed by atoms with Gasteiger partial charge in [0.25, 0.3) is 0 Å². The SMILES string of the molecule is Cc1ccc(/C=C/C(=O)N(CCO)C(C)C)c(Br)c1. The summed E-state index contributed by atoms with van der Waals surface area (Å²) in [6, 6.07) is 6.06. The first-order valence-corrected chi connectivity index (χ1v) is 7.10. The van der Waals surface area contributed by atoms with Crippen molar-refractivity contribution < 1.29 is 9.90 Å². The minimum absolute atomic E-state index is 0.0218. The Bertz CT molecular complexity index is 469. The molecule has 0 aliphatic carbocycles. The molecule has 0 saturated carbocycles. The summed E-state index contributed by atoms with van der Waals surface area (Å²) in [5.41, 5.74) is 2.13. The summed E-state index contributed by atoms with van der Waals surface area (Å²) in [6.07, 6.45) is 3.34. The maximum absolute atomic E-state index is 12.0. The molecule has 0 aliphatic rings. The van der Waals surface area contributed by atoms with Crippen LogP contribution in [0.5, 0.6) is 0 Å². The van der Waals surface area contributed by atoms with Gasteiger partial charge in [0.05, 0.1) is 6.61 Å². The van der Waals surface area contributed by atoms with Crippen LogP contribution in [0.3, 0.4) is 0 Å². The number of nitrogens with zero attached hydrogens (tertiary/aromatic N) is 1. The Kier molecular flexibility index (Phi) is 6.25. The third kappa shape index (κ3) is 4.80. The van der Waals surface area contributed by atoms with E-state index in [1.54, 1.807) is 17.1 Å². The molecule has 0 radical (unpaired) electrons. The fourth-order valence-corrected chi connectivity index (χ4v) is 2.38. The van der Waals surface area contributed by atoms with E-state index in [1.807, 2.05) is 39.0 Å². The van der Waals surface area contributed by atoms with E-state index >= 15 is 0 Å². The molecule has 4 heteroatoms. The van der Waals surface area contributed by atoms with Crippen molar-refractivity contribution in [3.05, 3.63) is 39.9 Å². The minimum atomic E-state index is -0.0866. The number of hydrogen-bond donors (Lipinski definition) is 1. The average Bonchev–Trinajstić information content (AvgIpc) is 2.34. The van der Waals surface area contributed by atoms with Crippen molar-refractivity contribution in [2.75, 3.05) is 13.2 Å². The molecule has 1 rings (SSSR count). The van der Waals surface area contributed by atoms with Gasteiger partial charge in [0.1, 0.15) is 0 Å². The fourth-order valence-electron chi connectivity index (χ4n) is 1.75. The molecule has 0 aromatic heterocycles. The molecular formula is C15H20BrNO2. The maximum atomic E-state index is 12.0. The second-order valence-corrected chi connectivity index (χ2v) is 5.56. The van der Waals surface area contributed by atoms with Gasteiger partial charge in [-0.25, -0.2) is 0 Å². The van der Waals surface area contributed by atoms with Crippen LogP contribution in [-0.2, 0) is 4.79 Å². The maximum Gasteiger partial charge on any atom is 0.246 e. The number of halogens is 1. The lowest BCUT2D eigenvalue weighted by molar-refractivity contribution is -0.128. The summed E-state index contributed by atoms with van der Waals surface area (Å²) in [5, 5.41) is 8.97. The van der Waals surface area contributed by atoms with Crippen LogP contribution in [0.4, 0.5) is 0 Å². The van der Waals surface area contributed by atoms with E-state index in [2.05, 4.69) is 15.9 Å². The van der Waals surface area contributed by atoms with Gasteiger partial charge in [-0.1, -0.05) is 28.1 Å². The zero-order valence-electron chi connectivity index (χ0n) is 11.6. The summed E-state index contributed by atoms with van der Waals surface area (Å²) in [4.78, 5) is 13.7. The molecule has 3 nitrogen and oxygen atoms in total. The van der Waals surface area contributed by atoms with Crippen molar-refractivity contribution in [2.45, 2.75) is 26.8 Å². The van der Waals surface area contributed by atoms with E-state index in [-0.39, 0.29) is 18.6 Å². The van der Waals surface area contributed by atoms with Crippen molar-refractivity contribution >= 4 is 27.9 Å². The first kappa shape index (κ1) is 15.9. The van der Waals surface area contributed by atoms with Crippen molar-refractivity contribution in [1.29, 1.82) is 0 Å². The summed E-state index contributed by atoms with van der Waals surface area (Å²) in [6.45, 7) is 6.22. The molecule has 0 bridgehead atoms. The van der Waals surface area contributed by atoms with E-state index < -0.39 is 0 Å². The summed E-state index contributed by atoms with van der Waals surface area (Å²) >= 11 is 3.48. The Balaban J connectivity index is 2.82. The Morgan fingerprint density at radius 1 is 1.47 bits per heavy atom. The van der Waals surface area contributed by atoms with E-state index in [1.165, 1.54) is 5.56 Å². The van der Waals surface area contributed by atoms with Crippen LogP contribution in [0.2, 0.25) is 0 Å². The van der Waals surface area contributed by atoms with Gasteiger partial charge in [-0.05, 0) is 44.0 Å². The summed E-state index contributed by atoms with van der Waals surface area (Å²) < 4.78 is 0.967. The smallest absolute Gasteiger partial charge is 0.246 e. The lowest BCUT2D eigenvalue weighted by Crippen LogP contribution is -2.37. The molecule has 0 atom stereocenters. The minimum Gasteiger partial charge on any atom is -0.395 e. The Morgan fingerprint density at radius 3 is 2.68 bits per heavy atom. The molecular weight excluding hydrogens is 306 g/mol. The number of carbonyl (C=O) groups is 1. The predicted octanol–water partition coefficient (Wildman–Crippen LogP) is 3.00. The Hall–Kier alpha value is -1.13. The summed E-state index contributed by atoms with van der Waals surface area (Å²) in [7, 11) is 0. The quantitative estimate of drug-likeness (QED) is 0.845. The largest absolute Gasteiger partial charge is 0.395 e. The van der Waals surface area contributed by atoms with Crippen LogP contribution in [0, 0.1) is 6.92 Å². The predicted molar refractivity (Wildman–Crippen MR) is 81.8 cm³/mol. The van der Waals surface area contributed by atoms with Gasteiger partial charge >= 0.3 is 0 Å². The Morgan fingerprint density at radius 2 is 2.16 bits per heavy atom. The van der Waals surface area contributed by atoms with Crippen LogP contribution in [0.15, 0.2) is 28.7 Å². The second kappa shape index (κ2) is 7.46. The second-order valence-electron chi connectivity index (χ2n) is 4.71. The average molecular weight is 326 g/mol. The van der Waals surface area contributed by atoms with Crippen molar-refractivity contribution in [3.8, 4) is 0 Å². The van der Waals surface area contributed by atoms with Crippen LogP contribution < -0.4 is 0 Å². The first-order chi connectivity index (χ1) is 8.95. The molecule has 0 heterocycles. The third-order valence-corrected chi connectivity index (χ3v) is 3.50. The first-order valence-electron chi connectivity index (χ1n) is 6.31. The molecule has 0 spiro atoms. The van der Waals surface area contributed by atoms with Gasteiger partial charge in [0.15, 0.2) is 0 Å². The van der Waals surface area contributed by atoms with Gasteiger partial charge in [0.2, 0.25) is 5.91 Å². The van der Waals surface area contributed by atoms with E-state index in [4.69, 9.17) is 5.11 Å². The molecule has 0 aliphatic heterocycles. The lowest BCUT2D eigenvalue weighted by atomic mass is 10.1. The van der Waals surface area contributed by atoms with Crippen LogP contribution in [0.25, 0.3) is 6.08 Å². The number of aliphatic hydroxyl groups excluding tert-OH is 1. The third-order valence-electron chi connectivity index (χ3n) is 2.81. The molecule has 1 aromatic carbocycles. The number of rotatable bonds is 5. The number of amides is 1. The molecule has 0 fully saturated rings. The van der Waals surface area contributed by atoms with Crippen LogP contribution in [0.1, 0.15) is 25.0 Å². The number of hydrogen-bond acceptors (Lipinski definition) is 2. The Labute approximate surface area is 123 Å². The van der Waals surface area contributed by atoms with Gasteiger partial charge in [-0.2, -0.15) is 0 Å². The molecule has 0 saturated heterocycles. The topological polar surface area (TPSA) is 40.5 Å². The highest BCUT2D eigenvalue weighted by Gasteiger charge is 2.13. The zero-order chi connectivity index (χ0) is 14.4. The number of carbonyl (C=O) groups excluding carboxylic acids is 1. The highest BCUT2D eigenvalue weighted by molar-refractivity contribution is 9.10. The summed E-state index contributed by atoms with van der Waals surface area (Å²) in [5.74, 6) is -0.0866. The van der Waals surface area contributed by atoms with Gasteiger partial charge < -0.3 is 10.0 Å². The molecule has 1 aromatic rings. The van der Waals surface area contributed by atoms with E-state index in [0.717, 1.165) is 10.0 Å². The normalized spacial score (nSPS) is 11.3. The standard InChI is InChI=1S/C15H20BrNO2/c1-11(2)17(8-9-18)15(19)7-6-13-5-4-12(3)10-14(13)16/h4-7,10-11,18H,8-9H2,1-3H3/b7-6+. The molecule has 1 amide bonds. The lowest BCUT2D eigenvalue weighted by Gasteiger charge is -2.24. The zero-order valence-corrected chi connectivity index (χ0v) is 13.1. The number of benzene rings is 1. The fraction of sp³-hybridized carbons (Fsp3) is 0.400. The van der Waals surface area contributed by atoms with Crippen molar-refractivity contribution in [2.24, 2.45) is 0 Å². The number of aliphatic hydroxyl groups is 1. The van der Waals surface area contributed by atoms with Gasteiger partial charge in [-0.15, -0.1) is 0 Å². The monoisotopic (exact) mass is 325 g/mol. The highest BCUT2D eigenvalue weighted by atomic mass is 79.9. The van der Waals surface area contributed by atoms with Crippen molar-refractivity contribution in [1.82, 2.24) is 4.90 Å². The highest BCUT2D eigenvalue weighted by Crippen LogP contribution is 2.19. The number of aryl methyl sites for hydroxylation is 1. The van der Waals surface area contributed by atoms with Gasteiger partial charge in [-0.3, -0.25) is 4.79 Å². The molecule has 1 N–H and O–H groups in total. The van der Waals surface area contributed by atoms with Gasteiger partial charge in [0, 0.05) is 23.1 Å². The van der Waals surface area contributed by atoms with Crippen LogP contribution in [-0.4, -0.2) is 35.1 Å².